The van der Waals surface area contributed by atoms with Crippen molar-refractivity contribution in [2.75, 3.05) is 18.1 Å². The molecular formula is C28H39FN4O5S. The van der Waals surface area contributed by atoms with E-state index in [4.69, 9.17) is 20.5 Å². The number of hydrogen-bond donors (Lipinski definition) is 2. The smallest absolute Gasteiger partial charge is 0.268 e. The van der Waals surface area contributed by atoms with Crippen LogP contribution in [0.5, 0.6) is 5.75 Å². The highest BCUT2D eigenvalue weighted by atomic mass is 32.2. The molecule has 9 nitrogen and oxygen atoms in total. The number of sulfonamides is 1. The van der Waals surface area contributed by atoms with Crippen LogP contribution in [0.3, 0.4) is 0 Å². The molecule has 3 N–H and O–H groups in total. The fourth-order valence-electron chi connectivity index (χ4n) is 5.50. The van der Waals surface area contributed by atoms with Crippen LogP contribution in [0.2, 0.25) is 0 Å². The fraction of sp³-hybridized carbons (Fsp3) is 0.571. The average molecular weight is 563 g/mol. The number of hydrogen-bond acceptors (Lipinski definition) is 8. The zero-order valence-electron chi connectivity index (χ0n) is 23.5. The summed E-state index contributed by atoms with van der Waals surface area (Å²) >= 11 is 0. The summed E-state index contributed by atoms with van der Waals surface area (Å²) in [5, 5.41) is -0.787. The first kappa shape index (κ1) is 29.2. The normalized spacial score (nSPS) is 24.5. The van der Waals surface area contributed by atoms with Crippen LogP contribution in [0.25, 0.3) is 11.3 Å². The molecule has 0 bridgehead atoms. The number of benzene rings is 1. The molecule has 2 heterocycles. The van der Waals surface area contributed by atoms with E-state index in [1.165, 1.54) is 12.1 Å². The predicted molar refractivity (Wildman–Crippen MR) is 148 cm³/mol. The summed E-state index contributed by atoms with van der Waals surface area (Å²) in [5.41, 5.74) is 0.0173. The lowest BCUT2D eigenvalue weighted by Gasteiger charge is -2.42. The Labute approximate surface area is 230 Å². The van der Waals surface area contributed by atoms with Crippen LogP contribution in [0.1, 0.15) is 71.2 Å². The Bertz CT molecular complexity index is 1340. The van der Waals surface area contributed by atoms with E-state index in [1.807, 2.05) is 18.7 Å². The average Bonchev–Trinajstić information content (AvgIpc) is 3.11. The van der Waals surface area contributed by atoms with Crippen molar-refractivity contribution in [2.45, 2.75) is 77.2 Å². The number of pyridine rings is 1. The minimum Gasteiger partial charge on any atom is -0.493 e. The molecule has 214 valence electrons. The van der Waals surface area contributed by atoms with Crippen molar-refractivity contribution in [3.05, 3.63) is 41.7 Å². The maximum Gasteiger partial charge on any atom is 0.268 e. The van der Waals surface area contributed by atoms with E-state index in [0.717, 1.165) is 6.42 Å². The second kappa shape index (κ2) is 10.7. The van der Waals surface area contributed by atoms with Crippen LogP contribution >= 0.6 is 0 Å². The standard InChI is InChI=1S/C28H39FN4O5S/c1-17(2)16-37-21-10-19(9-20(29)11-21)24-8-7-23(25(31-24)33-15-18(3)12-27(33,4)5)26(34)32-39(35,36)22-13-28(6,14-22)38-30/h7-11,17-18,22H,12-16,30H2,1-6H3,(H,32,34)/t18-,22?,28?/m0/s1. The maximum atomic E-state index is 14.5. The molecule has 2 fully saturated rings. The number of aromatic nitrogens is 1. The number of nitrogens with one attached hydrogen (secondary N) is 1. The third kappa shape index (κ3) is 6.36. The molecule has 4 rings (SSSR count). The largest absolute Gasteiger partial charge is 0.493 e. The zero-order chi connectivity index (χ0) is 28.8. The van der Waals surface area contributed by atoms with Crippen molar-refractivity contribution in [2.24, 2.45) is 17.7 Å². The molecule has 39 heavy (non-hydrogen) atoms. The van der Waals surface area contributed by atoms with Gasteiger partial charge in [-0.25, -0.2) is 28.4 Å². The van der Waals surface area contributed by atoms with Gasteiger partial charge in [0.15, 0.2) is 0 Å². The first-order valence-corrected chi connectivity index (χ1v) is 14.8. The number of carbonyl (C=O) groups excluding carboxylic acids is 1. The molecular weight excluding hydrogens is 523 g/mol. The molecule has 1 aromatic carbocycles. The number of nitrogens with zero attached hydrogens (tertiary/aromatic N) is 2. The molecule has 11 heteroatoms. The van der Waals surface area contributed by atoms with Gasteiger partial charge in [-0.15, -0.1) is 0 Å². The molecule has 0 spiro atoms. The maximum absolute atomic E-state index is 14.5. The van der Waals surface area contributed by atoms with Gasteiger partial charge >= 0.3 is 0 Å². The first-order chi connectivity index (χ1) is 18.1. The molecule has 1 amide bonds. The topological polar surface area (TPSA) is 124 Å². The molecule has 1 atom stereocenters. The van der Waals surface area contributed by atoms with E-state index < -0.39 is 32.6 Å². The van der Waals surface area contributed by atoms with E-state index >= 15 is 0 Å². The number of amides is 1. The predicted octanol–water partition coefficient (Wildman–Crippen LogP) is 4.42. The number of anilines is 1. The fourth-order valence-corrected chi connectivity index (χ4v) is 7.17. The van der Waals surface area contributed by atoms with Crippen LogP contribution in [-0.4, -0.2) is 48.9 Å². The quantitative estimate of drug-likeness (QED) is 0.431. The molecule has 1 aromatic heterocycles. The Kier molecular flexibility index (Phi) is 7.99. The Morgan fingerprint density at radius 3 is 2.49 bits per heavy atom. The van der Waals surface area contributed by atoms with E-state index in [2.05, 4.69) is 25.5 Å². The molecule has 0 radical (unpaired) electrons. The highest BCUT2D eigenvalue weighted by molar-refractivity contribution is 7.90. The van der Waals surface area contributed by atoms with Crippen LogP contribution in [0.15, 0.2) is 30.3 Å². The number of ether oxygens (including phenoxy) is 1. The second-order valence-electron chi connectivity index (χ2n) is 12.3. The van der Waals surface area contributed by atoms with Gasteiger partial charge in [-0.1, -0.05) is 20.8 Å². The first-order valence-electron chi connectivity index (χ1n) is 13.3. The van der Waals surface area contributed by atoms with E-state index in [1.54, 1.807) is 25.1 Å². The Morgan fingerprint density at radius 2 is 1.90 bits per heavy atom. The molecule has 0 unspecified atom stereocenters. The minimum absolute atomic E-state index is 0.134. The lowest BCUT2D eigenvalue weighted by Crippen LogP contribution is -2.55. The summed E-state index contributed by atoms with van der Waals surface area (Å²) in [6, 6.07) is 7.55. The Balaban J connectivity index is 1.70. The third-order valence-corrected chi connectivity index (χ3v) is 9.16. The SMILES string of the molecule is CC(C)COc1cc(F)cc(-c2ccc(C(=O)NS(=O)(=O)C3CC(C)(ON)C3)c(N3C[C@@H](C)CC3(C)C)n2)c1. The highest BCUT2D eigenvalue weighted by Crippen LogP contribution is 2.40. The molecule has 1 aliphatic carbocycles. The van der Waals surface area contributed by atoms with Crippen molar-refractivity contribution >= 4 is 21.7 Å². The molecule has 1 saturated heterocycles. The van der Waals surface area contributed by atoms with Gasteiger partial charge < -0.3 is 9.64 Å². The van der Waals surface area contributed by atoms with Gasteiger partial charge in [0.2, 0.25) is 10.0 Å². The molecule has 1 aliphatic heterocycles. The minimum atomic E-state index is -3.97. The van der Waals surface area contributed by atoms with Crippen molar-refractivity contribution in [1.82, 2.24) is 9.71 Å². The van der Waals surface area contributed by atoms with Crippen molar-refractivity contribution in [1.29, 1.82) is 0 Å². The summed E-state index contributed by atoms with van der Waals surface area (Å²) in [4.78, 5) is 25.1. The second-order valence-corrected chi connectivity index (χ2v) is 14.2. The lowest BCUT2D eigenvalue weighted by atomic mass is 9.81. The van der Waals surface area contributed by atoms with Crippen LogP contribution in [0, 0.1) is 17.7 Å². The Morgan fingerprint density at radius 1 is 1.21 bits per heavy atom. The summed E-state index contributed by atoms with van der Waals surface area (Å²) < 4.78 is 48.4. The number of carbonyl (C=O) groups is 1. The van der Waals surface area contributed by atoms with Gasteiger partial charge in [-0.2, -0.15) is 0 Å². The van der Waals surface area contributed by atoms with Crippen LogP contribution < -0.4 is 20.3 Å². The monoisotopic (exact) mass is 562 g/mol. The van der Waals surface area contributed by atoms with Gasteiger partial charge in [0, 0.05) is 23.7 Å². The summed E-state index contributed by atoms with van der Waals surface area (Å²) in [7, 11) is -3.97. The van der Waals surface area contributed by atoms with Crippen LogP contribution in [-0.2, 0) is 14.9 Å². The zero-order valence-corrected chi connectivity index (χ0v) is 24.3. The van der Waals surface area contributed by atoms with Gasteiger partial charge in [-0.05, 0) is 76.1 Å². The molecule has 1 saturated carbocycles. The Hall–Kier alpha value is -2.76. The van der Waals surface area contributed by atoms with Gasteiger partial charge in [-0.3, -0.25) is 9.63 Å². The number of nitrogens with two attached hydrogens (primary N) is 1. The summed E-state index contributed by atoms with van der Waals surface area (Å²) in [6.45, 7) is 13.1. The van der Waals surface area contributed by atoms with Crippen molar-refractivity contribution in [3.8, 4) is 17.0 Å². The van der Waals surface area contributed by atoms with Gasteiger partial charge in [0.1, 0.15) is 17.4 Å². The highest BCUT2D eigenvalue weighted by Gasteiger charge is 2.49. The third-order valence-electron chi connectivity index (χ3n) is 7.48. The molecule has 2 aliphatic rings. The van der Waals surface area contributed by atoms with Crippen LogP contribution in [0.4, 0.5) is 10.2 Å². The number of rotatable bonds is 9. The van der Waals surface area contributed by atoms with Gasteiger partial charge in [0.25, 0.3) is 5.91 Å². The van der Waals surface area contributed by atoms with E-state index in [9.17, 15) is 17.6 Å². The van der Waals surface area contributed by atoms with Crippen molar-refractivity contribution in [3.63, 3.8) is 0 Å². The summed E-state index contributed by atoms with van der Waals surface area (Å²) in [5.74, 6) is 5.39. The number of halogens is 1. The van der Waals surface area contributed by atoms with Gasteiger partial charge in [0.05, 0.1) is 28.7 Å². The van der Waals surface area contributed by atoms with E-state index in [0.29, 0.717) is 41.9 Å². The van der Waals surface area contributed by atoms with E-state index in [-0.39, 0.29) is 29.9 Å². The summed E-state index contributed by atoms with van der Waals surface area (Å²) in [6.07, 6.45) is 1.24. The molecule has 2 aromatic rings. The van der Waals surface area contributed by atoms with Crippen molar-refractivity contribution < 1.29 is 27.2 Å². The lowest BCUT2D eigenvalue weighted by molar-refractivity contribution is -0.0855.